The van der Waals surface area contributed by atoms with E-state index in [-0.39, 0.29) is 24.0 Å². The topological polar surface area (TPSA) is 50.9 Å². The van der Waals surface area contributed by atoms with Crippen LogP contribution < -0.4 is 5.73 Å². The molecule has 1 aliphatic carbocycles. The van der Waals surface area contributed by atoms with E-state index < -0.39 is 0 Å². The SMILES string of the molecule is CCOCCC1(CN=C(N)N(CC)CC)CCCC1.I. The molecule has 0 bridgehead atoms. The minimum atomic E-state index is 0. The van der Waals surface area contributed by atoms with Crippen LogP contribution in [0.3, 0.4) is 0 Å². The van der Waals surface area contributed by atoms with Crippen molar-refractivity contribution in [3.05, 3.63) is 0 Å². The van der Waals surface area contributed by atoms with Crippen LogP contribution in [-0.4, -0.2) is 43.7 Å². The monoisotopic (exact) mass is 397 g/mol. The average Bonchev–Trinajstić information content (AvgIpc) is 2.87. The van der Waals surface area contributed by atoms with Crippen molar-refractivity contribution in [2.45, 2.75) is 52.9 Å². The standard InChI is InChI=1S/C15H31N3O.HI/c1-4-18(5-2)14(16)17-13-15(9-7-8-10-15)11-12-19-6-3;/h4-13H2,1-3H3,(H2,16,17);1H. The Morgan fingerprint density at radius 2 is 1.80 bits per heavy atom. The van der Waals surface area contributed by atoms with Gasteiger partial charge in [-0.3, -0.25) is 4.99 Å². The van der Waals surface area contributed by atoms with E-state index in [1.165, 1.54) is 25.7 Å². The fraction of sp³-hybridized carbons (Fsp3) is 0.933. The molecular formula is C15H32IN3O. The van der Waals surface area contributed by atoms with Crippen LogP contribution in [0.1, 0.15) is 52.9 Å². The molecule has 1 fully saturated rings. The predicted octanol–water partition coefficient (Wildman–Crippen LogP) is 3.25. The number of ether oxygens (including phenoxy) is 1. The molecule has 0 spiro atoms. The van der Waals surface area contributed by atoms with Crippen molar-refractivity contribution in [2.75, 3.05) is 32.8 Å². The first-order valence-electron chi connectivity index (χ1n) is 7.80. The molecule has 1 rings (SSSR count). The van der Waals surface area contributed by atoms with Crippen molar-refractivity contribution in [1.29, 1.82) is 0 Å². The van der Waals surface area contributed by atoms with Crippen LogP contribution in [-0.2, 0) is 4.74 Å². The van der Waals surface area contributed by atoms with Crippen molar-refractivity contribution in [3.8, 4) is 0 Å². The Hall–Kier alpha value is -0.0400. The second-order valence-electron chi connectivity index (χ2n) is 5.50. The second kappa shape index (κ2) is 10.7. The van der Waals surface area contributed by atoms with Crippen LogP contribution in [0.4, 0.5) is 0 Å². The Morgan fingerprint density at radius 3 is 2.30 bits per heavy atom. The fourth-order valence-corrected chi connectivity index (χ4v) is 2.94. The first-order chi connectivity index (χ1) is 9.17. The van der Waals surface area contributed by atoms with Crippen LogP contribution in [0.5, 0.6) is 0 Å². The van der Waals surface area contributed by atoms with Gasteiger partial charge < -0.3 is 15.4 Å². The fourth-order valence-electron chi connectivity index (χ4n) is 2.94. The van der Waals surface area contributed by atoms with Gasteiger partial charge in [-0.1, -0.05) is 12.8 Å². The van der Waals surface area contributed by atoms with Crippen LogP contribution >= 0.6 is 24.0 Å². The van der Waals surface area contributed by atoms with Crippen LogP contribution in [0.15, 0.2) is 4.99 Å². The Labute approximate surface area is 141 Å². The summed E-state index contributed by atoms with van der Waals surface area (Å²) in [5, 5.41) is 0. The summed E-state index contributed by atoms with van der Waals surface area (Å²) in [6.07, 6.45) is 6.32. The van der Waals surface area contributed by atoms with Crippen molar-refractivity contribution in [3.63, 3.8) is 0 Å². The zero-order valence-corrected chi connectivity index (χ0v) is 15.7. The molecule has 0 aromatic carbocycles. The molecule has 0 saturated heterocycles. The summed E-state index contributed by atoms with van der Waals surface area (Å²) < 4.78 is 5.53. The Balaban J connectivity index is 0.00000361. The summed E-state index contributed by atoms with van der Waals surface area (Å²) in [7, 11) is 0. The number of halogens is 1. The first kappa shape index (κ1) is 20.0. The van der Waals surface area contributed by atoms with E-state index in [9.17, 15) is 0 Å². The minimum Gasteiger partial charge on any atom is -0.382 e. The van der Waals surface area contributed by atoms with Gasteiger partial charge >= 0.3 is 0 Å². The van der Waals surface area contributed by atoms with Gasteiger partial charge in [-0.05, 0) is 45.4 Å². The molecule has 0 atom stereocenters. The van der Waals surface area contributed by atoms with E-state index >= 15 is 0 Å². The number of rotatable bonds is 8. The average molecular weight is 397 g/mol. The van der Waals surface area contributed by atoms with Gasteiger partial charge in [-0.25, -0.2) is 0 Å². The molecule has 0 aliphatic heterocycles. The molecule has 5 heteroatoms. The normalized spacial score (nSPS) is 17.9. The molecule has 0 heterocycles. The number of nitrogens with two attached hydrogens (primary N) is 1. The maximum Gasteiger partial charge on any atom is 0.191 e. The molecule has 0 unspecified atom stereocenters. The van der Waals surface area contributed by atoms with E-state index in [1.807, 2.05) is 0 Å². The molecular weight excluding hydrogens is 365 g/mol. The molecule has 0 aromatic rings. The quantitative estimate of drug-likeness (QED) is 0.296. The van der Waals surface area contributed by atoms with E-state index in [0.717, 1.165) is 39.3 Å². The van der Waals surface area contributed by atoms with E-state index in [4.69, 9.17) is 10.5 Å². The van der Waals surface area contributed by atoms with Crippen molar-refractivity contribution < 1.29 is 4.74 Å². The summed E-state index contributed by atoms with van der Waals surface area (Å²) >= 11 is 0. The smallest absolute Gasteiger partial charge is 0.191 e. The van der Waals surface area contributed by atoms with E-state index in [0.29, 0.717) is 11.4 Å². The largest absolute Gasteiger partial charge is 0.382 e. The maximum atomic E-state index is 6.08. The number of guanidine groups is 1. The molecule has 1 saturated carbocycles. The summed E-state index contributed by atoms with van der Waals surface area (Å²) in [6.45, 7) is 10.7. The van der Waals surface area contributed by atoms with Gasteiger partial charge in [-0.15, -0.1) is 24.0 Å². The third-order valence-electron chi connectivity index (χ3n) is 4.31. The number of hydrogen-bond donors (Lipinski definition) is 1. The number of aliphatic imine (C=N–C) groups is 1. The predicted molar refractivity (Wildman–Crippen MR) is 96.8 cm³/mol. The zero-order chi connectivity index (χ0) is 14.1. The van der Waals surface area contributed by atoms with Gasteiger partial charge in [0.1, 0.15) is 0 Å². The Bertz CT molecular complexity index is 274. The van der Waals surface area contributed by atoms with Gasteiger partial charge in [0.05, 0.1) is 0 Å². The third-order valence-corrected chi connectivity index (χ3v) is 4.31. The van der Waals surface area contributed by atoms with Crippen LogP contribution in [0.25, 0.3) is 0 Å². The number of nitrogens with zero attached hydrogens (tertiary/aromatic N) is 2. The minimum absolute atomic E-state index is 0. The van der Waals surface area contributed by atoms with E-state index in [1.54, 1.807) is 0 Å². The highest BCUT2D eigenvalue weighted by Gasteiger charge is 2.33. The van der Waals surface area contributed by atoms with Gasteiger partial charge in [-0.2, -0.15) is 0 Å². The maximum absolute atomic E-state index is 6.08. The van der Waals surface area contributed by atoms with Crippen LogP contribution in [0.2, 0.25) is 0 Å². The molecule has 4 nitrogen and oxygen atoms in total. The van der Waals surface area contributed by atoms with Gasteiger partial charge in [0, 0.05) is 32.8 Å². The molecule has 2 N–H and O–H groups in total. The van der Waals surface area contributed by atoms with E-state index in [2.05, 4.69) is 30.7 Å². The highest BCUT2D eigenvalue weighted by Crippen LogP contribution is 2.41. The third kappa shape index (κ3) is 6.16. The number of hydrogen-bond acceptors (Lipinski definition) is 2. The zero-order valence-electron chi connectivity index (χ0n) is 13.4. The first-order valence-corrected chi connectivity index (χ1v) is 7.80. The molecule has 20 heavy (non-hydrogen) atoms. The lowest BCUT2D eigenvalue weighted by molar-refractivity contribution is 0.107. The highest BCUT2D eigenvalue weighted by molar-refractivity contribution is 14.0. The summed E-state index contributed by atoms with van der Waals surface area (Å²) in [6, 6.07) is 0. The van der Waals surface area contributed by atoms with Crippen molar-refractivity contribution in [2.24, 2.45) is 16.1 Å². The lowest BCUT2D eigenvalue weighted by Gasteiger charge is -2.28. The van der Waals surface area contributed by atoms with Gasteiger partial charge in [0.25, 0.3) is 0 Å². The Kier molecular flexibility index (Phi) is 10.6. The molecule has 0 aromatic heterocycles. The van der Waals surface area contributed by atoms with Crippen molar-refractivity contribution in [1.82, 2.24) is 4.90 Å². The summed E-state index contributed by atoms with van der Waals surface area (Å²) in [5.74, 6) is 0.702. The van der Waals surface area contributed by atoms with Gasteiger partial charge in [0.2, 0.25) is 0 Å². The van der Waals surface area contributed by atoms with Gasteiger partial charge in [0.15, 0.2) is 5.96 Å². The molecule has 120 valence electrons. The molecule has 0 amide bonds. The van der Waals surface area contributed by atoms with Crippen molar-refractivity contribution >= 4 is 29.9 Å². The molecule has 1 aliphatic rings. The van der Waals surface area contributed by atoms with Crippen LogP contribution in [0, 0.1) is 5.41 Å². The highest BCUT2D eigenvalue weighted by atomic mass is 127. The lowest BCUT2D eigenvalue weighted by atomic mass is 9.83. The lowest BCUT2D eigenvalue weighted by Crippen LogP contribution is -2.38. The summed E-state index contributed by atoms with van der Waals surface area (Å²) in [5.41, 5.74) is 6.42. The Morgan fingerprint density at radius 1 is 1.20 bits per heavy atom. The summed E-state index contributed by atoms with van der Waals surface area (Å²) in [4.78, 5) is 6.78. The second-order valence-corrected chi connectivity index (χ2v) is 5.50. The molecule has 0 radical (unpaired) electrons.